The summed E-state index contributed by atoms with van der Waals surface area (Å²) in [6.07, 6.45) is 2.10. The average Bonchev–Trinajstić information content (AvgIpc) is 1.97. The lowest BCUT2D eigenvalue weighted by molar-refractivity contribution is -0.131. The second-order valence-electron chi connectivity index (χ2n) is 3.52. The lowest BCUT2D eigenvalue weighted by Crippen LogP contribution is -2.48. The van der Waals surface area contributed by atoms with E-state index in [4.69, 9.17) is 5.11 Å². The maximum absolute atomic E-state index is 10.1. The van der Waals surface area contributed by atoms with Gasteiger partial charge in [-0.15, -0.1) is 0 Å². The van der Waals surface area contributed by atoms with Crippen molar-refractivity contribution in [2.24, 2.45) is 0 Å². The van der Waals surface area contributed by atoms with Gasteiger partial charge in [0.05, 0.1) is 6.10 Å². The molecule has 0 saturated heterocycles. The van der Waals surface area contributed by atoms with Crippen molar-refractivity contribution in [3.05, 3.63) is 12.2 Å². The van der Waals surface area contributed by atoms with Crippen LogP contribution in [-0.4, -0.2) is 34.4 Å². The zero-order chi connectivity index (χ0) is 10.5. The fourth-order valence-electron chi connectivity index (χ4n) is 0.629. The number of hydrogen-bond donors (Lipinski definition) is 3. The predicted molar refractivity (Wildman–Crippen MR) is 50.5 cm³/mol. The molecular weight excluding hydrogens is 170 g/mol. The molecule has 0 bridgehead atoms. The van der Waals surface area contributed by atoms with Crippen LogP contribution in [-0.2, 0) is 4.79 Å². The summed E-state index contributed by atoms with van der Waals surface area (Å²) in [5, 5.41) is 20.6. The molecule has 4 nitrogen and oxygen atoms in total. The first kappa shape index (κ1) is 12.1. The molecule has 0 radical (unpaired) electrons. The molecule has 0 rings (SSSR count). The van der Waals surface area contributed by atoms with Crippen LogP contribution in [0.15, 0.2) is 12.2 Å². The third-order valence-electron chi connectivity index (χ3n) is 1.98. The molecule has 0 aliphatic rings. The Morgan fingerprint density at radius 1 is 1.62 bits per heavy atom. The molecule has 1 unspecified atom stereocenters. The van der Waals surface area contributed by atoms with Gasteiger partial charge >= 0.3 is 5.97 Å². The van der Waals surface area contributed by atoms with Crippen molar-refractivity contribution in [2.45, 2.75) is 32.4 Å². The summed E-state index contributed by atoms with van der Waals surface area (Å²) in [4.78, 5) is 10.1. The summed E-state index contributed by atoms with van der Waals surface area (Å²) in [5.74, 6) is -0.961. The van der Waals surface area contributed by atoms with E-state index in [1.807, 2.05) is 13.8 Å². The van der Waals surface area contributed by atoms with Gasteiger partial charge in [-0.3, -0.25) is 0 Å². The molecule has 76 valence electrons. The molecule has 0 aliphatic carbocycles. The first-order valence-electron chi connectivity index (χ1n) is 4.19. The molecular formula is C9H17NO3. The zero-order valence-corrected chi connectivity index (χ0v) is 8.24. The van der Waals surface area contributed by atoms with Crippen molar-refractivity contribution >= 4 is 5.97 Å². The van der Waals surface area contributed by atoms with Gasteiger partial charge in [-0.2, -0.15) is 0 Å². The van der Waals surface area contributed by atoms with Crippen LogP contribution in [0.2, 0.25) is 0 Å². The van der Waals surface area contributed by atoms with Gasteiger partial charge in [0.2, 0.25) is 0 Å². The van der Waals surface area contributed by atoms with E-state index in [0.717, 1.165) is 6.08 Å². The molecule has 0 spiro atoms. The highest BCUT2D eigenvalue weighted by Gasteiger charge is 2.21. The van der Waals surface area contributed by atoms with E-state index in [9.17, 15) is 9.90 Å². The molecule has 0 heterocycles. The Hall–Kier alpha value is -0.870. The van der Waals surface area contributed by atoms with Crippen molar-refractivity contribution < 1.29 is 15.0 Å². The Bertz CT molecular complexity index is 197. The number of aliphatic hydroxyl groups excluding tert-OH is 1. The molecule has 0 aromatic heterocycles. The minimum absolute atomic E-state index is 0.400. The highest BCUT2D eigenvalue weighted by atomic mass is 16.4. The van der Waals surface area contributed by atoms with Crippen LogP contribution in [0.25, 0.3) is 0 Å². The second kappa shape index (κ2) is 4.99. The maximum Gasteiger partial charge on any atom is 0.328 e. The Morgan fingerprint density at radius 3 is 2.54 bits per heavy atom. The predicted octanol–water partition coefficient (Wildman–Crippen LogP) is 0.376. The monoisotopic (exact) mass is 187 g/mol. The van der Waals surface area contributed by atoms with Crippen LogP contribution in [0.1, 0.15) is 20.8 Å². The SMILES string of the molecule is CC(O)C(C)(C)NC/C=C/C(=O)O. The number of carbonyl (C=O) groups is 1. The van der Waals surface area contributed by atoms with Gasteiger partial charge in [-0.05, 0) is 20.8 Å². The fourth-order valence-corrected chi connectivity index (χ4v) is 0.629. The summed E-state index contributed by atoms with van der Waals surface area (Å²) in [7, 11) is 0. The average molecular weight is 187 g/mol. The Morgan fingerprint density at radius 2 is 2.15 bits per heavy atom. The van der Waals surface area contributed by atoms with Crippen LogP contribution < -0.4 is 5.32 Å². The lowest BCUT2D eigenvalue weighted by Gasteiger charge is -2.28. The zero-order valence-electron chi connectivity index (χ0n) is 8.24. The van der Waals surface area contributed by atoms with E-state index in [2.05, 4.69) is 5.32 Å². The minimum atomic E-state index is -0.961. The largest absolute Gasteiger partial charge is 0.478 e. The Kier molecular flexibility index (Phi) is 4.66. The molecule has 0 aromatic rings. The minimum Gasteiger partial charge on any atom is -0.478 e. The van der Waals surface area contributed by atoms with Gasteiger partial charge in [0.25, 0.3) is 0 Å². The van der Waals surface area contributed by atoms with Crippen molar-refractivity contribution in [1.29, 1.82) is 0 Å². The first-order valence-corrected chi connectivity index (χ1v) is 4.19. The fraction of sp³-hybridized carbons (Fsp3) is 0.667. The third-order valence-corrected chi connectivity index (χ3v) is 1.98. The van der Waals surface area contributed by atoms with Gasteiger partial charge in [-0.25, -0.2) is 4.79 Å². The summed E-state index contributed by atoms with van der Waals surface area (Å²) in [6.45, 7) is 5.83. The van der Waals surface area contributed by atoms with E-state index < -0.39 is 17.6 Å². The number of aliphatic carboxylic acids is 1. The molecule has 0 aliphatic heterocycles. The van der Waals surface area contributed by atoms with Crippen LogP contribution in [0.5, 0.6) is 0 Å². The number of carboxylic acid groups (broad SMARTS) is 1. The number of hydrogen-bond acceptors (Lipinski definition) is 3. The van der Waals surface area contributed by atoms with Crippen molar-refractivity contribution in [2.75, 3.05) is 6.54 Å². The summed E-state index contributed by atoms with van der Waals surface area (Å²) in [6, 6.07) is 0. The highest BCUT2D eigenvalue weighted by Crippen LogP contribution is 2.07. The van der Waals surface area contributed by atoms with E-state index in [1.54, 1.807) is 6.92 Å². The van der Waals surface area contributed by atoms with Gasteiger partial charge in [0.1, 0.15) is 0 Å². The van der Waals surface area contributed by atoms with E-state index in [0.29, 0.717) is 6.54 Å². The lowest BCUT2D eigenvalue weighted by atomic mass is 9.99. The smallest absolute Gasteiger partial charge is 0.328 e. The molecule has 0 aromatic carbocycles. The number of carboxylic acids is 1. The summed E-state index contributed by atoms with van der Waals surface area (Å²) < 4.78 is 0. The van der Waals surface area contributed by atoms with E-state index in [1.165, 1.54) is 6.08 Å². The van der Waals surface area contributed by atoms with Crippen molar-refractivity contribution in [1.82, 2.24) is 5.32 Å². The van der Waals surface area contributed by atoms with Crippen molar-refractivity contribution in [3.63, 3.8) is 0 Å². The maximum atomic E-state index is 10.1. The first-order chi connectivity index (χ1) is 5.86. The molecule has 13 heavy (non-hydrogen) atoms. The van der Waals surface area contributed by atoms with Gasteiger partial charge in [-0.1, -0.05) is 6.08 Å². The quantitative estimate of drug-likeness (QED) is 0.544. The van der Waals surface area contributed by atoms with Crippen LogP contribution >= 0.6 is 0 Å². The van der Waals surface area contributed by atoms with E-state index in [-0.39, 0.29) is 0 Å². The summed E-state index contributed by atoms with van der Waals surface area (Å²) in [5.41, 5.74) is -0.400. The molecule has 0 fully saturated rings. The Labute approximate surface area is 78.3 Å². The van der Waals surface area contributed by atoms with Crippen LogP contribution in [0.3, 0.4) is 0 Å². The Balaban J connectivity index is 3.82. The number of nitrogens with one attached hydrogen (secondary N) is 1. The molecule has 3 N–H and O–H groups in total. The molecule has 0 amide bonds. The normalized spacial score (nSPS) is 14.8. The summed E-state index contributed by atoms with van der Waals surface area (Å²) >= 11 is 0. The number of aliphatic hydroxyl groups is 1. The highest BCUT2D eigenvalue weighted by molar-refractivity contribution is 5.79. The second-order valence-corrected chi connectivity index (χ2v) is 3.52. The topological polar surface area (TPSA) is 69.6 Å². The third kappa shape index (κ3) is 5.38. The molecule has 4 heteroatoms. The molecule has 0 saturated carbocycles. The number of rotatable bonds is 5. The van der Waals surface area contributed by atoms with Gasteiger partial charge in [0, 0.05) is 18.2 Å². The van der Waals surface area contributed by atoms with Crippen molar-refractivity contribution in [3.8, 4) is 0 Å². The van der Waals surface area contributed by atoms with E-state index >= 15 is 0 Å². The van der Waals surface area contributed by atoms with Gasteiger partial charge in [0.15, 0.2) is 0 Å². The van der Waals surface area contributed by atoms with Crippen LogP contribution in [0.4, 0.5) is 0 Å². The standard InChI is InChI=1S/C9H17NO3/c1-7(11)9(2,3)10-6-4-5-8(12)13/h4-5,7,10-11H,6H2,1-3H3,(H,12,13)/b5-4+. The van der Waals surface area contributed by atoms with Gasteiger partial charge < -0.3 is 15.5 Å². The molecule has 1 atom stereocenters. The van der Waals surface area contributed by atoms with Crippen LogP contribution in [0, 0.1) is 0 Å².